The number of benzene rings is 2. The van der Waals surface area contributed by atoms with Gasteiger partial charge in [-0.15, -0.1) is 0 Å². The summed E-state index contributed by atoms with van der Waals surface area (Å²) in [5.74, 6) is 0. The Morgan fingerprint density at radius 3 is 2.25 bits per heavy atom. The van der Waals surface area contributed by atoms with Gasteiger partial charge in [-0.1, -0.05) is 12.1 Å². The van der Waals surface area contributed by atoms with Crippen molar-refractivity contribution < 1.29 is 30.0 Å². The second kappa shape index (κ2) is 6.96. The molecule has 0 amide bonds. The molecule has 0 aliphatic heterocycles. The lowest BCUT2D eigenvalue weighted by Crippen LogP contribution is -2.19. The van der Waals surface area contributed by atoms with E-state index in [1.54, 1.807) is 6.92 Å². The summed E-state index contributed by atoms with van der Waals surface area (Å²) in [6.45, 7) is 1.61. The first-order chi connectivity index (χ1) is 12.9. The molecule has 0 spiro atoms. The molecule has 0 bridgehead atoms. The lowest BCUT2D eigenvalue weighted by Gasteiger charge is -2.14. The van der Waals surface area contributed by atoms with Gasteiger partial charge in [0.2, 0.25) is 10.0 Å². The number of hydrogen-bond donors (Lipinski definition) is 2. The Kier molecular flexibility index (Phi) is 5.09. The predicted molar refractivity (Wildman–Crippen MR) is 99.0 cm³/mol. The number of sulfonamides is 2. The first kappa shape index (κ1) is 20.5. The molecule has 0 saturated heterocycles. The van der Waals surface area contributed by atoms with Crippen LogP contribution in [0, 0.1) is 6.92 Å². The van der Waals surface area contributed by atoms with Gasteiger partial charge in [-0.3, -0.25) is 9.44 Å². The van der Waals surface area contributed by atoms with Gasteiger partial charge in [0.1, 0.15) is 0 Å². The number of aryl methyl sites for hydroxylation is 1. The molecule has 0 heterocycles. The topological polar surface area (TPSA) is 92.3 Å². The minimum atomic E-state index is -4.61. The van der Waals surface area contributed by atoms with Crippen LogP contribution in [0.2, 0.25) is 0 Å². The molecule has 0 atom stereocenters. The Balaban J connectivity index is 1.89. The lowest BCUT2D eigenvalue weighted by atomic mass is 10.2. The smallest absolute Gasteiger partial charge is 0.283 e. The Labute approximate surface area is 160 Å². The van der Waals surface area contributed by atoms with Crippen LogP contribution in [0.4, 0.5) is 24.5 Å². The number of rotatable bonds is 6. The molecular weight excluding hydrogens is 417 g/mol. The van der Waals surface area contributed by atoms with Crippen LogP contribution in [0.5, 0.6) is 0 Å². The zero-order valence-electron chi connectivity index (χ0n) is 14.6. The van der Waals surface area contributed by atoms with E-state index in [0.717, 1.165) is 18.2 Å². The quantitative estimate of drug-likeness (QED) is 0.725. The maximum Gasteiger partial charge on any atom is 0.416 e. The van der Waals surface area contributed by atoms with Crippen LogP contribution in [-0.2, 0) is 26.2 Å². The van der Waals surface area contributed by atoms with Gasteiger partial charge in [-0.25, -0.2) is 16.8 Å². The van der Waals surface area contributed by atoms with E-state index in [2.05, 4.69) is 9.44 Å². The fourth-order valence-corrected chi connectivity index (χ4v) is 4.99. The van der Waals surface area contributed by atoms with Crippen molar-refractivity contribution in [3.8, 4) is 0 Å². The van der Waals surface area contributed by atoms with Crippen molar-refractivity contribution in [3.63, 3.8) is 0 Å². The molecule has 1 saturated carbocycles. The summed E-state index contributed by atoms with van der Waals surface area (Å²) in [7, 11) is -7.82. The Morgan fingerprint density at radius 2 is 1.64 bits per heavy atom. The summed E-state index contributed by atoms with van der Waals surface area (Å²) in [5, 5.41) is -0.490. The van der Waals surface area contributed by atoms with Gasteiger partial charge in [0.15, 0.2) is 0 Å². The molecule has 2 aromatic carbocycles. The molecule has 152 valence electrons. The first-order valence-corrected chi connectivity index (χ1v) is 11.2. The van der Waals surface area contributed by atoms with E-state index in [1.807, 2.05) is 0 Å². The van der Waals surface area contributed by atoms with E-state index >= 15 is 0 Å². The number of alkyl halides is 3. The molecule has 0 aromatic heterocycles. The molecule has 1 aliphatic rings. The fourth-order valence-electron chi connectivity index (χ4n) is 2.47. The van der Waals surface area contributed by atoms with E-state index in [4.69, 9.17) is 0 Å². The lowest BCUT2D eigenvalue weighted by molar-refractivity contribution is -0.137. The molecule has 1 aliphatic carbocycles. The van der Waals surface area contributed by atoms with Gasteiger partial charge >= 0.3 is 6.18 Å². The third kappa shape index (κ3) is 4.58. The average Bonchev–Trinajstić information content (AvgIpc) is 3.41. The van der Waals surface area contributed by atoms with Crippen molar-refractivity contribution >= 4 is 31.4 Å². The number of nitrogens with one attached hydrogen (secondary N) is 2. The molecule has 6 nitrogen and oxygen atoms in total. The monoisotopic (exact) mass is 434 g/mol. The minimum absolute atomic E-state index is 0.110. The molecule has 11 heteroatoms. The average molecular weight is 434 g/mol. The van der Waals surface area contributed by atoms with E-state index in [0.29, 0.717) is 24.5 Å². The standard InChI is InChI=1S/C17H17F3N2O4S2/c1-11-5-6-15(10-16(11)22-27(23,24)14-7-8-14)28(25,26)21-13-4-2-3-12(9-13)17(18,19)20/h2-6,9-10,14,21-22H,7-8H2,1H3. The predicted octanol–water partition coefficient (Wildman–Crippen LogP) is 3.72. The highest BCUT2D eigenvalue weighted by molar-refractivity contribution is 7.93. The van der Waals surface area contributed by atoms with Crippen molar-refractivity contribution in [2.24, 2.45) is 0 Å². The number of halogens is 3. The fraction of sp³-hybridized carbons (Fsp3) is 0.294. The second-order valence-electron chi connectivity index (χ2n) is 6.51. The Hall–Kier alpha value is -2.27. The van der Waals surface area contributed by atoms with Gasteiger partial charge in [-0.05, 0) is 55.7 Å². The number of hydrogen-bond acceptors (Lipinski definition) is 4. The third-order valence-electron chi connectivity index (χ3n) is 4.18. The zero-order chi connectivity index (χ0) is 20.7. The first-order valence-electron chi connectivity index (χ1n) is 8.21. The summed E-state index contributed by atoms with van der Waals surface area (Å²) in [4.78, 5) is -0.274. The molecular formula is C17H17F3N2O4S2. The molecule has 2 aromatic rings. The Morgan fingerprint density at radius 1 is 0.964 bits per heavy atom. The van der Waals surface area contributed by atoms with E-state index in [1.165, 1.54) is 18.2 Å². The van der Waals surface area contributed by atoms with Crippen LogP contribution in [0.25, 0.3) is 0 Å². The maximum absolute atomic E-state index is 12.8. The van der Waals surface area contributed by atoms with Crippen molar-refractivity contribution in [2.45, 2.75) is 36.1 Å². The zero-order valence-corrected chi connectivity index (χ0v) is 16.2. The SMILES string of the molecule is Cc1ccc(S(=O)(=O)Nc2cccc(C(F)(F)F)c2)cc1NS(=O)(=O)C1CC1. The highest BCUT2D eigenvalue weighted by Crippen LogP contribution is 2.33. The van der Waals surface area contributed by atoms with Crippen molar-refractivity contribution in [2.75, 3.05) is 9.44 Å². The molecule has 1 fully saturated rings. The highest BCUT2D eigenvalue weighted by Gasteiger charge is 2.36. The van der Waals surface area contributed by atoms with Gasteiger partial charge in [0.25, 0.3) is 10.0 Å². The van der Waals surface area contributed by atoms with Crippen molar-refractivity contribution in [3.05, 3.63) is 53.6 Å². The summed E-state index contributed by atoms with van der Waals surface area (Å²) in [6.07, 6.45) is -3.52. The molecule has 3 rings (SSSR count). The van der Waals surface area contributed by atoms with Gasteiger partial charge in [0.05, 0.1) is 21.4 Å². The van der Waals surface area contributed by atoms with Crippen LogP contribution in [-0.4, -0.2) is 22.1 Å². The van der Waals surface area contributed by atoms with Gasteiger partial charge < -0.3 is 0 Å². The van der Waals surface area contributed by atoms with Gasteiger partial charge in [-0.2, -0.15) is 13.2 Å². The third-order valence-corrected chi connectivity index (χ3v) is 7.41. The number of anilines is 2. The Bertz CT molecular complexity index is 1110. The molecule has 2 N–H and O–H groups in total. The van der Waals surface area contributed by atoms with E-state index in [9.17, 15) is 30.0 Å². The van der Waals surface area contributed by atoms with Gasteiger partial charge in [0, 0.05) is 5.69 Å². The van der Waals surface area contributed by atoms with Crippen LogP contribution in [0.3, 0.4) is 0 Å². The maximum atomic E-state index is 12.8. The van der Waals surface area contributed by atoms with Crippen LogP contribution in [0.15, 0.2) is 47.4 Å². The van der Waals surface area contributed by atoms with Crippen LogP contribution >= 0.6 is 0 Å². The summed E-state index contributed by atoms with van der Waals surface area (Å²) in [5.41, 5.74) is -0.619. The molecule has 0 unspecified atom stereocenters. The minimum Gasteiger partial charge on any atom is -0.283 e. The normalized spacial score (nSPS) is 15.3. The molecule has 0 radical (unpaired) electrons. The van der Waals surface area contributed by atoms with Crippen molar-refractivity contribution in [1.82, 2.24) is 0 Å². The van der Waals surface area contributed by atoms with Crippen LogP contribution < -0.4 is 9.44 Å². The summed E-state index contributed by atoms with van der Waals surface area (Å²) in [6, 6.07) is 7.61. The summed E-state index contributed by atoms with van der Waals surface area (Å²) < 4.78 is 92.3. The van der Waals surface area contributed by atoms with E-state index < -0.39 is 37.0 Å². The molecule has 28 heavy (non-hydrogen) atoms. The van der Waals surface area contributed by atoms with E-state index in [-0.39, 0.29) is 16.3 Å². The highest BCUT2D eigenvalue weighted by atomic mass is 32.2. The second-order valence-corrected chi connectivity index (χ2v) is 10.2. The van der Waals surface area contributed by atoms with Crippen molar-refractivity contribution in [1.29, 1.82) is 0 Å². The largest absolute Gasteiger partial charge is 0.416 e. The van der Waals surface area contributed by atoms with Crippen LogP contribution in [0.1, 0.15) is 24.0 Å². The summed E-state index contributed by atoms with van der Waals surface area (Å²) >= 11 is 0.